The second-order valence-corrected chi connectivity index (χ2v) is 25.3. The minimum Gasteiger partial charge on any atom is -0.374 e. The van der Waals surface area contributed by atoms with Crippen molar-refractivity contribution in [2.24, 2.45) is 0 Å². The van der Waals surface area contributed by atoms with Gasteiger partial charge in [0.2, 0.25) is 17.7 Å². The number of benzene rings is 4. The van der Waals surface area contributed by atoms with Gasteiger partial charge < -0.3 is 34.6 Å². The number of pyridine rings is 1. The van der Waals surface area contributed by atoms with Crippen LogP contribution in [0.25, 0.3) is 22.3 Å². The Labute approximate surface area is 499 Å². The highest BCUT2D eigenvalue weighted by atomic mass is 19.1. The Hall–Kier alpha value is -7.91. The number of aromatic nitrogens is 3. The molecule has 8 heterocycles. The Morgan fingerprint density at radius 2 is 1.53 bits per heavy atom. The van der Waals surface area contributed by atoms with Crippen molar-refractivity contribution >= 4 is 69.4 Å². The number of piperidine rings is 3. The van der Waals surface area contributed by atoms with Crippen molar-refractivity contribution in [3.8, 4) is 11.3 Å². The second kappa shape index (κ2) is 22.7. The molecule has 5 fully saturated rings. The van der Waals surface area contributed by atoms with E-state index in [0.717, 1.165) is 64.4 Å². The zero-order valence-electron chi connectivity index (χ0n) is 49.6. The van der Waals surface area contributed by atoms with E-state index in [1.807, 2.05) is 53.6 Å². The molecule has 2 aromatic heterocycles. The van der Waals surface area contributed by atoms with E-state index in [0.29, 0.717) is 98.4 Å². The molecule has 1 spiro atoms. The van der Waals surface area contributed by atoms with Gasteiger partial charge in [-0.3, -0.25) is 49.2 Å². The van der Waals surface area contributed by atoms with Gasteiger partial charge in [0, 0.05) is 91.4 Å². The quantitative estimate of drug-likeness (QED) is 0.0600. The van der Waals surface area contributed by atoms with Crippen LogP contribution >= 0.6 is 0 Å². The summed E-state index contributed by atoms with van der Waals surface area (Å²) in [6.45, 7) is 16.1. The number of piperazine rings is 1. The van der Waals surface area contributed by atoms with Crippen LogP contribution in [0.3, 0.4) is 0 Å². The van der Waals surface area contributed by atoms with Gasteiger partial charge in [-0.05, 0) is 177 Å². The highest BCUT2D eigenvalue weighted by molar-refractivity contribution is 6.24. The molecule has 448 valence electrons. The number of imide groups is 2. The summed E-state index contributed by atoms with van der Waals surface area (Å²) in [5, 5.41) is 19.8. The van der Waals surface area contributed by atoms with Gasteiger partial charge in [-0.25, -0.2) is 14.4 Å². The van der Waals surface area contributed by atoms with Crippen LogP contribution in [-0.2, 0) is 26.3 Å². The Balaban J connectivity index is 0.698. The van der Waals surface area contributed by atoms with E-state index in [1.165, 1.54) is 25.3 Å². The Morgan fingerprint density at radius 3 is 2.24 bits per heavy atom. The van der Waals surface area contributed by atoms with E-state index >= 15 is 9.18 Å². The molecule has 6 amide bonds. The smallest absolute Gasteiger partial charge is 0.262 e. The number of nitrogens with zero attached hydrogens (tertiary/aromatic N) is 9. The molecule has 6 aliphatic heterocycles. The number of aliphatic hydroxyl groups excluding tert-OH is 1. The number of fused-ring (bicyclic) bond motifs is 4. The molecule has 0 bridgehead atoms. The van der Waals surface area contributed by atoms with Gasteiger partial charge in [0.05, 0.1) is 39.8 Å². The van der Waals surface area contributed by atoms with Gasteiger partial charge in [0.15, 0.2) is 5.82 Å². The maximum Gasteiger partial charge on any atom is 0.262 e. The van der Waals surface area contributed by atoms with E-state index in [-0.39, 0.29) is 59.6 Å². The Morgan fingerprint density at radius 1 is 0.802 bits per heavy atom. The highest BCUT2D eigenvalue weighted by Crippen LogP contribution is 2.52. The molecule has 4 N–H and O–H groups in total. The van der Waals surface area contributed by atoms with Crippen LogP contribution in [0.1, 0.15) is 151 Å². The van der Waals surface area contributed by atoms with Crippen molar-refractivity contribution in [2.45, 2.75) is 141 Å². The number of anilines is 4. The third-order valence-electron chi connectivity index (χ3n) is 19.2. The average Bonchev–Trinajstić information content (AvgIpc) is 1.73. The number of nitrogens with one attached hydrogen (secondary N) is 3. The van der Waals surface area contributed by atoms with Crippen LogP contribution in [0, 0.1) is 12.7 Å². The molecular weight excluding hydrogens is 1090 g/mol. The molecule has 86 heavy (non-hydrogen) atoms. The monoisotopic (exact) mass is 1170 g/mol. The first-order valence-electron chi connectivity index (χ1n) is 30.8. The summed E-state index contributed by atoms with van der Waals surface area (Å²) in [6, 6.07) is 23.9. The summed E-state index contributed by atoms with van der Waals surface area (Å²) in [7, 11) is 0. The normalized spacial score (nSPS) is 22.1. The van der Waals surface area contributed by atoms with Gasteiger partial charge in [-0.15, -0.1) is 0 Å². The topological polar surface area (TPSA) is 209 Å². The van der Waals surface area contributed by atoms with Crippen molar-refractivity contribution in [2.75, 3.05) is 67.5 Å². The molecule has 0 radical (unpaired) electrons. The molecule has 7 aliphatic rings. The van der Waals surface area contributed by atoms with Crippen molar-refractivity contribution in [3.05, 3.63) is 130 Å². The van der Waals surface area contributed by atoms with E-state index < -0.39 is 47.1 Å². The van der Waals surface area contributed by atoms with E-state index in [1.54, 1.807) is 37.5 Å². The lowest BCUT2D eigenvalue weighted by atomic mass is 9.73. The molecule has 4 saturated heterocycles. The number of carbonyl (C=O) groups excluding carboxylic acids is 6. The number of hydrogen-bond donors (Lipinski definition) is 4. The number of imidazole rings is 1. The van der Waals surface area contributed by atoms with Gasteiger partial charge in [0.25, 0.3) is 17.7 Å². The number of aryl methyl sites for hydroxylation is 1. The van der Waals surface area contributed by atoms with Crippen molar-refractivity contribution in [1.82, 2.24) is 44.8 Å². The first-order valence-corrected chi connectivity index (χ1v) is 30.8. The lowest BCUT2D eigenvalue weighted by molar-refractivity contribution is -0.136. The minimum atomic E-state index is -1.03. The van der Waals surface area contributed by atoms with Crippen LogP contribution in [0.15, 0.2) is 85.2 Å². The molecule has 6 aromatic rings. The number of hydrogen-bond acceptors (Lipinski definition) is 14. The van der Waals surface area contributed by atoms with Crippen LogP contribution in [0.5, 0.6) is 0 Å². The first-order chi connectivity index (χ1) is 41.4. The molecule has 13 rings (SSSR count). The lowest BCUT2D eigenvalue weighted by Crippen LogP contribution is -2.58. The highest BCUT2D eigenvalue weighted by Gasteiger charge is 2.56. The number of aliphatic hydroxyl groups is 1. The van der Waals surface area contributed by atoms with Gasteiger partial charge in [-0.2, -0.15) is 0 Å². The lowest BCUT2D eigenvalue weighted by Gasteiger charge is -2.48. The third-order valence-corrected chi connectivity index (χ3v) is 19.2. The van der Waals surface area contributed by atoms with Crippen molar-refractivity contribution < 1.29 is 38.3 Å². The minimum absolute atomic E-state index is 0.00360. The SMILES string of the molecule is Cc1cc(F)c(Nc2nc(-c3ccc4c(c3)N(C3CC(N5CCCCC5)C3)C(=O)C43CCN(Cc4ccc(C(=O)N5CCN(c6ccc7c(c6)C(=O)N(C6CCC(=O)NC6=O)C7=O)CC5)cc4)CC3)cc3ncn(C(C)C)c23)cc1C(O)NC(C)C. The molecule has 1 saturated carbocycles. The first kappa shape index (κ1) is 57.2. The zero-order chi connectivity index (χ0) is 59.9. The predicted molar refractivity (Wildman–Crippen MR) is 325 cm³/mol. The summed E-state index contributed by atoms with van der Waals surface area (Å²) in [4.78, 5) is 103. The van der Waals surface area contributed by atoms with Crippen LogP contribution in [-0.4, -0.2) is 151 Å². The van der Waals surface area contributed by atoms with Crippen LogP contribution in [0.2, 0.25) is 0 Å². The van der Waals surface area contributed by atoms with Crippen molar-refractivity contribution in [1.29, 1.82) is 0 Å². The summed E-state index contributed by atoms with van der Waals surface area (Å²) < 4.78 is 18.0. The molecular formula is C66H75FN12O7. The zero-order valence-corrected chi connectivity index (χ0v) is 49.6. The number of carbonyl (C=O) groups is 6. The molecule has 19 nitrogen and oxygen atoms in total. The van der Waals surface area contributed by atoms with Gasteiger partial charge >= 0.3 is 0 Å². The Kier molecular flexibility index (Phi) is 15.1. The largest absolute Gasteiger partial charge is 0.374 e. The number of likely N-dealkylation sites (tertiary alicyclic amines) is 2. The van der Waals surface area contributed by atoms with Gasteiger partial charge in [0.1, 0.15) is 23.6 Å². The molecule has 2 unspecified atom stereocenters. The van der Waals surface area contributed by atoms with Crippen LogP contribution < -0.4 is 25.8 Å². The number of halogens is 1. The average molecular weight is 1170 g/mol. The molecule has 2 atom stereocenters. The third kappa shape index (κ3) is 10.3. The second-order valence-electron chi connectivity index (χ2n) is 25.3. The molecule has 4 aromatic carbocycles. The summed E-state index contributed by atoms with van der Waals surface area (Å²) in [5.41, 5.74) is 8.42. The summed E-state index contributed by atoms with van der Waals surface area (Å²) >= 11 is 0. The fraction of sp³-hybridized carbons (Fsp3) is 0.455. The maximum absolute atomic E-state index is 16.0. The fourth-order valence-electron chi connectivity index (χ4n) is 14.4. The van der Waals surface area contributed by atoms with E-state index in [2.05, 4.69) is 67.6 Å². The Bertz CT molecular complexity index is 3710. The molecule has 1 aliphatic carbocycles. The molecule has 20 heteroatoms. The number of amides is 6. The maximum atomic E-state index is 16.0. The van der Waals surface area contributed by atoms with E-state index in [4.69, 9.17) is 9.97 Å². The van der Waals surface area contributed by atoms with Crippen LogP contribution in [0.4, 0.5) is 27.3 Å². The summed E-state index contributed by atoms with van der Waals surface area (Å²) in [6.07, 6.45) is 7.80. The standard InChI is InChI=1S/C66H75FN12O7/c1-38(2)69-60(81)48-34-53(51(67)29-40(48)5)71-59-58-54(68-37-77(58)39(3)4)35-52(70-59)43-13-16-50-56(30-43)78(46-31-45(32-46)74-21-7-6-8-22-74)65(86)66(50)19-23-73(24-20-66)36-41-9-11-42(12-10-41)62(83)76-27-25-75(26-28-76)44-14-15-47-49(33-44)64(85)79(63(47)84)55-17-18-57(80)72-61(55)82/h9-16,29-30,33-35,37-39,45-46,55,60,69,81H,6-8,17-28,31-32,36H2,1-5H3,(H,70,71)(H,72,80,82). The number of rotatable bonds is 14. The van der Waals surface area contributed by atoms with Gasteiger partial charge in [-0.1, -0.05) is 30.7 Å². The van der Waals surface area contributed by atoms with E-state index in [9.17, 15) is 29.1 Å². The summed E-state index contributed by atoms with van der Waals surface area (Å²) in [5.74, 6) is -2.11. The predicted octanol–water partition coefficient (Wildman–Crippen LogP) is 8.12. The van der Waals surface area contributed by atoms with Crippen molar-refractivity contribution in [3.63, 3.8) is 0 Å². The fourth-order valence-corrected chi connectivity index (χ4v) is 14.4.